The molecule has 0 bridgehead atoms. The van der Waals surface area contributed by atoms with Gasteiger partial charge in [-0.1, -0.05) is 38.8 Å². The van der Waals surface area contributed by atoms with E-state index in [0.717, 1.165) is 44.6 Å². The maximum atomic E-state index is 12.6. The van der Waals surface area contributed by atoms with Gasteiger partial charge < -0.3 is 20.3 Å². The Bertz CT molecular complexity index is 740. The first-order valence-corrected chi connectivity index (χ1v) is 10.6. The Morgan fingerprint density at radius 2 is 1.79 bits per heavy atom. The van der Waals surface area contributed by atoms with Crippen molar-refractivity contribution in [3.8, 4) is 0 Å². The first-order valence-electron chi connectivity index (χ1n) is 10.6. The predicted molar refractivity (Wildman–Crippen MR) is 109 cm³/mol. The minimum Gasteiger partial charge on any atom is -0.377 e. The smallest absolute Gasteiger partial charge is 0.313 e. The fourth-order valence-electron chi connectivity index (χ4n) is 5.17. The zero-order valence-corrected chi connectivity index (χ0v) is 16.9. The number of rotatable bonds is 3. The number of hydrogen-bond acceptors (Lipinski definition) is 4. The van der Waals surface area contributed by atoms with Crippen molar-refractivity contribution in [1.82, 2.24) is 5.32 Å². The molecule has 2 N–H and O–H groups in total. The van der Waals surface area contributed by atoms with Gasteiger partial charge >= 0.3 is 11.8 Å². The Kier molecular flexibility index (Phi) is 5.32. The molecule has 3 unspecified atom stereocenters. The number of nitrogens with one attached hydrogen (secondary N) is 2. The summed E-state index contributed by atoms with van der Waals surface area (Å²) in [6.45, 7) is 6.89. The third kappa shape index (κ3) is 3.50. The predicted octanol–water partition coefficient (Wildman–Crippen LogP) is 2.94. The van der Waals surface area contributed by atoms with E-state index >= 15 is 0 Å². The molecule has 1 aromatic carbocycles. The van der Waals surface area contributed by atoms with Gasteiger partial charge in [-0.3, -0.25) is 9.59 Å². The van der Waals surface area contributed by atoms with E-state index in [1.54, 1.807) is 0 Å². The monoisotopic (exact) mass is 385 g/mol. The quantitative estimate of drug-likeness (QED) is 0.785. The SMILES string of the molecule is CC1(C)C(NC(=O)C(=O)Nc2ccccc2N2CCCCCC2)C2CCOC21. The summed E-state index contributed by atoms with van der Waals surface area (Å²) in [7, 11) is 0. The highest BCUT2D eigenvalue weighted by molar-refractivity contribution is 6.40. The maximum absolute atomic E-state index is 12.6. The number of fused-ring (bicyclic) bond motifs is 1. The molecule has 2 amide bonds. The van der Waals surface area contributed by atoms with Gasteiger partial charge in [0.1, 0.15) is 0 Å². The summed E-state index contributed by atoms with van der Waals surface area (Å²) in [4.78, 5) is 27.5. The summed E-state index contributed by atoms with van der Waals surface area (Å²) in [5.74, 6) is -0.842. The summed E-state index contributed by atoms with van der Waals surface area (Å²) in [6, 6.07) is 7.75. The minimum absolute atomic E-state index is 0.0147. The molecular weight excluding hydrogens is 354 g/mol. The highest BCUT2D eigenvalue weighted by Gasteiger charge is 2.60. The number of amides is 2. The Morgan fingerprint density at radius 1 is 1.07 bits per heavy atom. The van der Waals surface area contributed by atoms with Gasteiger partial charge in [0.15, 0.2) is 0 Å². The van der Waals surface area contributed by atoms with Gasteiger partial charge in [-0.2, -0.15) is 0 Å². The van der Waals surface area contributed by atoms with Crippen molar-refractivity contribution >= 4 is 23.2 Å². The summed E-state index contributed by atoms with van der Waals surface area (Å²) in [5.41, 5.74) is 1.57. The Balaban J connectivity index is 1.42. The van der Waals surface area contributed by atoms with Crippen LogP contribution in [0.3, 0.4) is 0 Å². The van der Waals surface area contributed by atoms with E-state index in [2.05, 4.69) is 29.4 Å². The van der Waals surface area contributed by atoms with Crippen LogP contribution in [0.5, 0.6) is 0 Å². The molecule has 1 aromatic rings. The fraction of sp³-hybridized carbons (Fsp3) is 0.636. The molecule has 2 heterocycles. The zero-order valence-electron chi connectivity index (χ0n) is 16.9. The van der Waals surface area contributed by atoms with Crippen LogP contribution >= 0.6 is 0 Å². The summed E-state index contributed by atoms with van der Waals surface area (Å²) in [6.07, 6.45) is 5.93. The Morgan fingerprint density at radius 3 is 2.54 bits per heavy atom. The van der Waals surface area contributed by atoms with Crippen LogP contribution in [0.15, 0.2) is 24.3 Å². The standard InChI is InChI=1S/C22H31N3O3/c1-22(2)18(15-11-14-28-19(15)22)24-21(27)20(26)23-16-9-5-6-10-17(16)25-12-7-3-4-8-13-25/h5-6,9-10,15,18-19H,3-4,7-8,11-14H2,1-2H3,(H,23,26)(H,24,27). The molecule has 6 heteroatoms. The molecule has 1 saturated carbocycles. The van der Waals surface area contributed by atoms with E-state index in [0.29, 0.717) is 11.6 Å². The molecule has 4 rings (SSSR count). The molecule has 6 nitrogen and oxygen atoms in total. The lowest BCUT2D eigenvalue weighted by atomic mass is 9.57. The van der Waals surface area contributed by atoms with Crippen molar-refractivity contribution in [1.29, 1.82) is 0 Å². The van der Waals surface area contributed by atoms with Crippen LogP contribution in [-0.2, 0) is 14.3 Å². The molecule has 3 fully saturated rings. The van der Waals surface area contributed by atoms with E-state index < -0.39 is 11.8 Å². The van der Waals surface area contributed by atoms with E-state index in [1.165, 1.54) is 12.8 Å². The van der Waals surface area contributed by atoms with Crippen molar-refractivity contribution in [3.05, 3.63) is 24.3 Å². The van der Waals surface area contributed by atoms with Crippen LogP contribution in [0.1, 0.15) is 46.0 Å². The number of benzene rings is 1. The van der Waals surface area contributed by atoms with E-state index in [4.69, 9.17) is 4.74 Å². The molecule has 152 valence electrons. The highest BCUT2D eigenvalue weighted by atomic mass is 16.5. The highest BCUT2D eigenvalue weighted by Crippen LogP contribution is 2.52. The second-order valence-electron chi connectivity index (χ2n) is 8.89. The largest absolute Gasteiger partial charge is 0.377 e. The molecule has 0 spiro atoms. The van der Waals surface area contributed by atoms with Crippen LogP contribution in [-0.4, -0.2) is 43.7 Å². The lowest BCUT2D eigenvalue weighted by Crippen LogP contribution is -2.67. The number of nitrogens with zero attached hydrogens (tertiary/aromatic N) is 1. The van der Waals surface area contributed by atoms with Gasteiger partial charge in [-0.05, 0) is 31.4 Å². The van der Waals surface area contributed by atoms with Gasteiger partial charge in [0.25, 0.3) is 0 Å². The second-order valence-corrected chi connectivity index (χ2v) is 8.89. The first-order chi connectivity index (χ1) is 13.5. The summed E-state index contributed by atoms with van der Waals surface area (Å²) in [5, 5.41) is 5.81. The molecule has 0 aromatic heterocycles. The van der Waals surface area contributed by atoms with E-state index in [1.807, 2.05) is 24.3 Å². The van der Waals surface area contributed by atoms with E-state index in [9.17, 15) is 9.59 Å². The van der Waals surface area contributed by atoms with Crippen molar-refractivity contribution in [3.63, 3.8) is 0 Å². The van der Waals surface area contributed by atoms with Crippen LogP contribution in [0.2, 0.25) is 0 Å². The Hall–Kier alpha value is -2.08. The third-order valence-electron chi connectivity index (χ3n) is 6.69. The van der Waals surface area contributed by atoms with Gasteiger partial charge in [0.2, 0.25) is 0 Å². The lowest BCUT2D eigenvalue weighted by Gasteiger charge is -2.54. The van der Waals surface area contributed by atoms with Crippen LogP contribution in [0, 0.1) is 11.3 Å². The first kappa shape index (κ1) is 19.2. The zero-order chi connectivity index (χ0) is 19.7. The second kappa shape index (κ2) is 7.74. The van der Waals surface area contributed by atoms with Crippen molar-refractivity contribution in [2.45, 2.75) is 58.1 Å². The number of para-hydroxylation sites is 2. The molecule has 1 aliphatic carbocycles. The molecule has 0 radical (unpaired) electrons. The topological polar surface area (TPSA) is 70.7 Å². The average Bonchev–Trinajstić information content (AvgIpc) is 2.98. The third-order valence-corrected chi connectivity index (χ3v) is 6.69. The Labute approximate surface area is 167 Å². The molecular formula is C22H31N3O3. The minimum atomic E-state index is -0.597. The van der Waals surface area contributed by atoms with Gasteiger partial charge in [-0.15, -0.1) is 0 Å². The van der Waals surface area contributed by atoms with Gasteiger partial charge in [-0.25, -0.2) is 0 Å². The number of hydrogen-bond donors (Lipinski definition) is 2. The van der Waals surface area contributed by atoms with Crippen LogP contribution in [0.4, 0.5) is 11.4 Å². The fourth-order valence-corrected chi connectivity index (χ4v) is 5.17. The van der Waals surface area contributed by atoms with Crippen LogP contribution in [0.25, 0.3) is 0 Å². The molecule has 28 heavy (non-hydrogen) atoms. The number of anilines is 2. The molecule has 3 atom stereocenters. The van der Waals surface area contributed by atoms with Crippen molar-refractivity contribution in [2.75, 3.05) is 29.9 Å². The summed E-state index contributed by atoms with van der Waals surface area (Å²) >= 11 is 0. The average molecular weight is 386 g/mol. The number of carbonyl (C=O) groups excluding carboxylic acids is 2. The molecule has 2 saturated heterocycles. The number of ether oxygens (including phenoxy) is 1. The summed E-state index contributed by atoms with van der Waals surface area (Å²) < 4.78 is 5.77. The van der Waals surface area contributed by atoms with Crippen LogP contribution < -0.4 is 15.5 Å². The lowest BCUT2D eigenvalue weighted by molar-refractivity contribution is -0.145. The maximum Gasteiger partial charge on any atom is 0.313 e. The molecule has 3 aliphatic rings. The van der Waals surface area contributed by atoms with Crippen molar-refractivity contribution < 1.29 is 14.3 Å². The van der Waals surface area contributed by atoms with E-state index in [-0.39, 0.29) is 17.6 Å². The molecule has 2 aliphatic heterocycles. The van der Waals surface area contributed by atoms with Crippen molar-refractivity contribution in [2.24, 2.45) is 11.3 Å². The van der Waals surface area contributed by atoms with Gasteiger partial charge in [0.05, 0.1) is 17.5 Å². The van der Waals surface area contributed by atoms with Gasteiger partial charge in [0, 0.05) is 37.1 Å². The number of carbonyl (C=O) groups is 2. The normalized spacial score (nSPS) is 28.6.